The number of carbonyl (C=O) groups is 3. The van der Waals surface area contributed by atoms with Crippen LogP contribution in [-0.4, -0.2) is 80.6 Å². The molecule has 1 N–H and O–H groups in total. The Hall–Kier alpha value is -3.23. The summed E-state index contributed by atoms with van der Waals surface area (Å²) < 4.78 is 17.4. The average molecular weight is 954 g/mol. The van der Waals surface area contributed by atoms with Crippen molar-refractivity contribution in [1.82, 2.24) is 0 Å². The van der Waals surface area contributed by atoms with E-state index in [0.29, 0.717) is 19.3 Å². The largest absolute Gasteiger partial charge is 0.477 e. The van der Waals surface area contributed by atoms with Gasteiger partial charge in [-0.3, -0.25) is 9.59 Å². The SMILES string of the molecule is CC/C=C/C/C=C/C/C=C/C/C=C/C/C=C/C/C=C/CCCCCCC(=O)OC(COCCC(C(=O)O)[N+](C)(C)C)COC(=O)CCCCCCCCCCCCCCCCCCCCCCC. The molecule has 0 aliphatic rings. The van der Waals surface area contributed by atoms with Gasteiger partial charge >= 0.3 is 17.9 Å². The summed E-state index contributed by atoms with van der Waals surface area (Å²) in [6, 6.07) is -0.623. The fourth-order valence-corrected chi connectivity index (χ4v) is 8.10. The van der Waals surface area contributed by atoms with E-state index in [0.717, 1.165) is 89.9 Å². The van der Waals surface area contributed by atoms with Gasteiger partial charge in [0.15, 0.2) is 12.1 Å². The minimum Gasteiger partial charge on any atom is -0.477 e. The second-order valence-corrected chi connectivity index (χ2v) is 19.8. The first-order valence-corrected chi connectivity index (χ1v) is 28.0. The number of rotatable bonds is 50. The summed E-state index contributed by atoms with van der Waals surface area (Å²) in [7, 11) is 5.53. The maximum absolute atomic E-state index is 12.8. The molecule has 0 spiro atoms. The maximum Gasteiger partial charge on any atom is 0.362 e. The van der Waals surface area contributed by atoms with Crippen molar-refractivity contribution in [2.24, 2.45) is 0 Å². The number of aliphatic carboxylic acids is 1. The number of hydrogen-bond donors (Lipinski definition) is 1. The highest BCUT2D eigenvalue weighted by atomic mass is 16.6. The monoisotopic (exact) mass is 953 g/mol. The van der Waals surface area contributed by atoms with Gasteiger partial charge in [-0.1, -0.05) is 228 Å². The highest BCUT2D eigenvalue weighted by molar-refractivity contribution is 5.72. The summed E-state index contributed by atoms with van der Waals surface area (Å²) in [5.74, 6) is -1.49. The van der Waals surface area contributed by atoms with Crippen molar-refractivity contribution in [1.29, 1.82) is 0 Å². The summed E-state index contributed by atoms with van der Waals surface area (Å²) >= 11 is 0. The van der Waals surface area contributed by atoms with Gasteiger partial charge in [-0.05, 0) is 64.2 Å². The summed E-state index contributed by atoms with van der Waals surface area (Å²) in [6.45, 7) is 4.62. The summed E-state index contributed by atoms with van der Waals surface area (Å²) in [4.78, 5) is 37.3. The second-order valence-electron chi connectivity index (χ2n) is 19.8. The van der Waals surface area contributed by atoms with Crippen LogP contribution < -0.4 is 0 Å². The van der Waals surface area contributed by atoms with Crippen LogP contribution in [0.15, 0.2) is 72.9 Å². The molecule has 0 saturated heterocycles. The van der Waals surface area contributed by atoms with Crippen molar-refractivity contribution in [2.75, 3.05) is 41.0 Å². The fraction of sp³-hybridized carbons (Fsp3) is 0.750. The molecule has 0 rings (SSSR count). The Morgan fingerprint density at radius 2 is 0.824 bits per heavy atom. The highest BCUT2D eigenvalue weighted by Crippen LogP contribution is 2.16. The van der Waals surface area contributed by atoms with Gasteiger partial charge in [0.05, 0.1) is 34.4 Å². The van der Waals surface area contributed by atoms with E-state index in [9.17, 15) is 19.5 Å². The number of ether oxygens (including phenoxy) is 3. The van der Waals surface area contributed by atoms with Crippen LogP contribution in [0.4, 0.5) is 0 Å². The van der Waals surface area contributed by atoms with Crippen LogP contribution in [0.3, 0.4) is 0 Å². The molecule has 0 heterocycles. The zero-order chi connectivity index (χ0) is 49.9. The molecule has 68 heavy (non-hydrogen) atoms. The quantitative estimate of drug-likeness (QED) is 0.0281. The smallest absolute Gasteiger partial charge is 0.362 e. The molecular formula is C60H106NO7+. The number of nitrogens with zero attached hydrogens (tertiary/aromatic N) is 1. The lowest BCUT2D eigenvalue weighted by atomic mass is 10.0. The van der Waals surface area contributed by atoms with E-state index in [1.54, 1.807) is 0 Å². The molecule has 2 atom stereocenters. The minimum absolute atomic E-state index is 0.0494. The van der Waals surface area contributed by atoms with Crippen LogP contribution in [0.25, 0.3) is 0 Å². The van der Waals surface area contributed by atoms with Gasteiger partial charge in [0.1, 0.15) is 6.61 Å². The Labute approximate surface area is 419 Å². The topological polar surface area (TPSA) is 99.1 Å². The normalized spacial score (nSPS) is 13.4. The molecule has 0 saturated carbocycles. The number of allylic oxidation sites excluding steroid dienone is 12. The summed E-state index contributed by atoms with van der Waals surface area (Å²) in [5, 5.41) is 9.67. The van der Waals surface area contributed by atoms with Crippen LogP contribution in [-0.2, 0) is 28.6 Å². The number of quaternary nitrogens is 1. The maximum atomic E-state index is 12.8. The number of esters is 2. The van der Waals surface area contributed by atoms with Gasteiger partial charge in [-0.2, -0.15) is 0 Å². The molecule has 8 nitrogen and oxygen atoms in total. The van der Waals surface area contributed by atoms with E-state index in [4.69, 9.17) is 14.2 Å². The Kier molecular flexibility index (Phi) is 47.8. The molecule has 8 heteroatoms. The second kappa shape index (κ2) is 50.2. The Bertz CT molecular complexity index is 1340. The highest BCUT2D eigenvalue weighted by Gasteiger charge is 2.31. The first-order valence-electron chi connectivity index (χ1n) is 28.0. The van der Waals surface area contributed by atoms with Crippen LogP contribution >= 0.6 is 0 Å². The number of carboxylic acids is 1. The van der Waals surface area contributed by atoms with Crippen LogP contribution in [0, 0.1) is 0 Å². The number of hydrogen-bond acceptors (Lipinski definition) is 6. The van der Waals surface area contributed by atoms with Crippen molar-refractivity contribution in [3.63, 3.8) is 0 Å². The molecule has 0 aromatic rings. The third-order valence-corrected chi connectivity index (χ3v) is 12.4. The number of carbonyl (C=O) groups excluding carboxylic acids is 2. The Morgan fingerprint density at radius 3 is 1.22 bits per heavy atom. The first kappa shape index (κ1) is 64.8. The van der Waals surface area contributed by atoms with E-state index in [1.807, 2.05) is 21.1 Å². The number of likely N-dealkylation sites (N-methyl/N-ethyl adjacent to an activating group) is 1. The van der Waals surface area contributed by atoms with E-state index in [2.05, 4.69) is 86.8 Å². The lowest BCUT2D eigenvalue weighted by Gasteiger charge is -2.31. The zero-order valence-corrected chi connectivity index (χ0v) is 44.8. The standard InChI is InChI=1S/C60H105NO7/c1-6-8-10-12-14-16-18-20-22-24-26-28-29-31-33-35-37-39-41-43-45-47-49-51-59(63)68-56(54-66-53-52-57(60(64)65)61(3,4)5)55-67-58(62)50-48-46-44-42-40-38-36-34-32-30-27-25-23-21-19-17-15-13-11-9-7-2/h8,10,14,16,20,22,26,28,31,33,37,39,56-57H,6-7,9,11-13,15,17-19,21,23-25,27,29-30,32,34-36,38,40-55H2,1-5H3/p+1/b10-8+,16-14+,22-20+,28-26+,33-31+,39-37+. The van der Waals surface area contributed by atoms with Crippen molar-refractivity contribution >= 4 is 17.9 Å². The third-order valence-electron chi connectivity index (χ3n) is 12.4. The molecule has 0 aliphatic carbocycles. The molecule has 0 fully saturated rings. The van der Waals surface area contributed by atoms with E-state index in [1.165, 1.54) is 116 Å². The van der Waals surface area contributed by atoms with Gasteiger partial charge < -0.3 is 23.8 Å². The Balaban J connectivity index is 4.25. The minimum atomic E-state index is -0.879. The van der Waals surface area contributed by atoms with Crippen LogP contribution in [0.1, 0.15) is 239 Å². The molecule has 0 aromatic heterocycles. The van der Waals surface area contributed by atoms with E-state index in [-0.39, 0.29) is 36.2 Å². The van der Waals surface area contributed by atoms with Gasteiger partial charge in [0.25, 0.3) is 0 Å². The lowest BCUT2D eigenvalue weighted by molar-refractivity contribution is -0.887. The van der Waals surface area contributed by atoms with Gasteiger partial charge in [0.2, 0.25) is 0 Å². The van der Waals surface area contributed by atoms with Crippen molar-refractivity contribution in [3.8, 4) is 0 Å². The lowest BCUT2D eigenvalue weighted by Crippen LogP contribution is -2.50. The van der Waals surface area contributed by atoms with Gasteiger partial charge in [-0.25, -0.2) is 4.79 Å². The molecule has 0 amide bonds. The third kappa shape index (κ3) is 47.8. The van der Waals surface area contributed by atoms with Gasteiger partial charge in [0, 0.05) is 19.3 Å². The van der Waals surface area contributed by atoms with E-state index < -0.39 is 18.1 Å². The molecule has 0 radical (unpaired) electrons. The first-order chi connectivity index (χ1) is 33.1. The fourth-order valence-electron chi connectivity index (χ4n) is 8.10. The summed E-state index contributed by atoms with van der Waals surface area (Å²) in [6.07, 6.45) is 65.3. The molecule has 0 aliphatic heterocycles. The van der Waals surface area contributed by atoms with Crippen molar-refractivity contribution in [3.05, 3.63) is 72.9 Å². The molecule has 2 unspecified atom stereocenters. The predicted octanol–water partition coefficient (Wildman–Crippen LogP) is 16.6. The molecule has 0 aromatic carbocycles. The predicted molar refractivity (Wildman–Crippen MR) is 289 cm³/mol. The molecule has 0 bridgehead atoms. The zero-order valence-electron chi connectivity index (χ0n) is 44.8. The van der Waals surface area contributed by atoms with Crippen LogP contribution in [0.5, 0.6) is 0 Å². The van der Waals surface area contributed by atoms with Gasteiger partial charge in [-0.15, -0.1) is 0 Å². The van der Waals surface area contributed by atoms with Crippen LogP contribution in [0.2, 0.25) is 0 Å². The van der Waals surface area contributed by atoms with Crippen molar-refractivity contribution < 1.29 is 38.2 Å². The van der Waals surface area contributed by atoms with E-state index >= 15 is 0 Å². The Morgan fingerprint density at radius 1 is 0.456 bits per heavy atom. The molecular weight excluding hydrogens is 847 g/mol. The van der Waals surface area contributed by atoms with Crippen molar-refractivity contribution in [2.45, 2.75) is 251 Å². The average Bonchev–Trinajstić information content (AvgIpc) is 3.30. The number of unbranched alkanes of at least 4 members (excludes halogenated alkanes) is 24. The molecule has 392 valence electrons. The number of carboxylic acid groups (broad SMARTS) is 1. The summed E-state index contributed by atoms with van der Waals surface area (Å²) in [5.41, 5.74) is 0.